The molecule has 3 saturated heterocycles. The highest BCUT2D eigenvalue weighted by Gasteiger charge is 2.71. The van der Waals surface area contributed by atoms with E-state index >= 15 is 0 Å². The molecule has 1 aromatic carbocycles. The first-order valence-electron chi connectivity index (χ1n) is 9.85. The molecule has 6 heteroatoms. The number of hydrogen-bond acceptors (Lipinski definition) is 6. The number of rotatable bonds is 2. The summed E-state index contributed by atoms with van der Waals surface area (Å²) < 4.78 is 24.6. The molecule has 148 valence electrons. The quantitative estimate of drug-likeness (QED) is 0.800. The number of esters is 1. The molecule has 0 aromatic heterocycles. The number of aliphatic hydroxyl groups is 1. The fraction of sp³-hybridized carbons (Fsp3) is 0.667. The maximum atomic E-state index is 13.2. The third-order valence-corrected chi connectivity index (χ3v) is 6.33. The number of carbonyl (C=O) groups is 1. The van der Waals surface area contributed by atoms with Crippen LogP contribution in [0.3, 0.4) is 0 Å². The average molecular weight is 376 g/mol. The van der Waals surface area contributed by atoms with Crippen molar-refractivity contribution >= 4 is 5.97 Å². The van der Waals surface area contributed by atoms with Crippen molar-refractivity contribution in [1.82, 2.24) is 0 Å². The summed E-state index contributed by atoms with van der Waals surface area (Å²) in [7, 11) is 0. The second-order valence-electron chi connectivity index (χ2n) is 8.08. The smallest absolute Gasteiger partial charge is 0.344 e. The molecule has 1 N–H and O–H groups in total. The number of hydrogen-bond donors (Lipinski definition) is 1. The molecule has 3 fully saturated rings. The largest absolute Gasteiger partial charge is 0.425 e. The number of ether oxygens (including phenoxy) is 4. The van der Waals surface area contributed by atoms with Crippen LogP contribution in [0.2, 0.25) is 0 Å². The van der Waals surface area contributed by atoms with Gasteiger partial charge in [-0.05, 0) is 45.1 Å². The minimum atomic E-state index is -1.63. The van der Waals surface area contributed by atoms with E-state index < -0.39 is 28.7 Å². The molecule has 0 bridgehead atoms. The minimum Gasteiger partial charge on any atom is -0.425 e. The number of carbonyl (C=O) groups excluding carboxylic acids is 1. The first-order chi connectivity index (χ1) is 12.9. The van der Waals surface area contributed by atoms with Gasteiger partial charge in [0, 0.05) is 12.8 Å². The summed E-state index contributed by atoms with van der Waals surface area (Å²) in [5.41, 5.74) is -2.65. The van der Waals surface area contributed by atoms with Gasteiger partial charge in [-0.1, -0.05) is 30.3 Å². The molecule has 3 aliphatic heterocycles. The Kier molecular flexibility index (Phi) is 4.58. The van der Waals surface area contributed by atoms with Gasteiger partial charge in [0.25, 0.3) is 5.79 Å². The Morgan fingerprint density at radius 1 is 0.963 bits per heavy atom. The molecular formula is C21H28O6. The van der Waals surface area contributed by atoms with Crippen LogP contribution in [0.5, 0.6) is 0 Å². The molecule has 0 amide bonds. The Hall–Kier alpha value is -1.47. The zero-order valence-corrected chi connectivity index (χ0v) is 16.0. The third-order valence-electron chi connectivity index (χ3n) is 6.33. The van der Waals surface area contributed by atoms with Gasteiger partial charge >= 0.3 is 5.97 Å². The Morgan fingerprint density at radius 3 is 2.11 bits per heavy atom. The lowest BCUT2D eigenvalue weighted by Gasteiger charge is -2.59. The molecule has 4 rings (SSSR count). The molecule has 1 aromatic rings. The Bertz CT molecular complexity index is 688. The summed E-state index contributed by atoms with van der Waals surface area (Å²) in [6.45, 7) is 4.16. The van der Waals surface area contributed by atoms with E-state index in [-0.39, 0.29) is 0 Å². The lowest BCUT2D eigenvalue weighted by atomic mass is 9.77. The lowest BCUT2D eigenvalue weighted by molar-refractivity contribution is -0.466. The molecule has 4 atom stereocenters. The predicted molar refractivity (Wildman–Crippen MR) is 96.7 cm³/mol. The van der Waals surface area contributed by atoms with Gasteiger partial charge in [-0.3, -0.25) is 0 Å². The molecule has 3 aliphatic rings. The van der Waals surface area contributed by atoms with Crippen molar-refractivity contribution in [3.63, 3.8) is 0 Å². The maximum absolute atomic E-state index is 13.2. The second-order valence-corrected chi connectivity index (χ2v) is 8.08. The van der Waals surface area contributed by atoms with Crippen LogP contribution in [-0.4, -0.2) is 41.5 Å². The van der Waals surface area contributed by atoms with E-state index in [9.17, 15) is 9.90 Å². The van der Waals surface area contributed by atoms with Crippen molar-refractivity contribution in [1.29, 1.82) is 0 Å². The molecule has 0 saturated carbocycles. The zero-order valence-electron chi connectivity index (χ0n) is 16.0. The van der Waals surface area contributed by atoms with Crippen LogP contribution < -0.4 is 0 Å². The van der Waals surface area contributed by atoms with E-state index in [1.165, 1.54) is 0 Å². The van der Waals surface area contributed by atoms with E-state index in [2.05, 4.69) is 0 Å². The third kappa shape index (κ3) is 2.73. The van der Waals surface area contributed by atoms with Crippen molar-refractivity contribution < 1.29 is 28.8 Å². The van der Waals surface area contributed by atoms with Gasteiger partial charge < -0.3 is 24.1 Å². The van der Waals surface area contributed by atoms with Crippen LogP contribution in [0.1, 0.15) is 57.9 Å². The van der Waals surface area contributed by atoms with Crippen LogP contribution in [0.4, 0.5) is 0 Å². The first kappa shape index (κ1) is 18.9. The molecule has 1 unspecified atom stereocenters. The minimum absolute atomic E-state index is 0.494. The monoisotopic (exact) mass is 376 g/mol. The van der Waals surface area contributed by atoms with E-state index in [4.69, 9.17) is 18.9 Å². The molecule has 0 aliphatic carbocycles. The van der Waals surface area contributed by atoms with Crippen molar-refractivity contribution in [2.75, 3.05) is 13.2 Å². The van der Waals surface area contributed by atoms with Gasteiger partial charge in [-0.15, -0.1) is 0 Å². The number of fused-ring (bicyclic) bond motifs is 1. The SMILES string of the molecule is CC(O)(c1ccccc1)[C@]1(C)O[C@@]2(CCCCO2)[C@@]2(CCCCO2)OC1=O. The van der Waals surface area contributed by atoms with Crippen LogP contribution in [0.25, 0.3) is 0 Å². The number of benzene rings is 1. The molecule has 27 heavy (non-hydrogen) atoms. The zero-order chi connectivity index (χ0) is 19.2. The summed E-state index contributed by atoms with van der Waals surface area (Å²) in [6, 6.07) is 9.05. The van der Waals surface area contributed by atoms with Crippen LogP contribution in [-0.2, 0) is 29.3 Å². The summed E-state index contributed by atoms with van der Waals surface area (Å²) in [4.78, 5) is 13.2. The van der Waals surface area contributed by atoms with E-state index in [0.29, 0.717) is 31.6 Å². The topological polar surface area (TPSA) is 74.2 Å². The maximum Gasteiger partial charge on any atom is 0.344 e. The molecule has 6 nitrogen and oxygen atoms in total. The predicted octanol–water partition coefficient (Wildman–Crippen LogP) is 3.02. The molecule has 2 spiro atoms. The second kappa shape index (κ2) is 6.55. The van der Waals surface area contributed by atoms with Gasteiger partial charge in [-0.25, -0.2) is 4.79 Å². The highest BCUT2D eigenvalue weighted by atomic mass is 16.8. The van der Waals surface area contributed by atoms with Gasteiger partial charge in [0.15, 0.2) is 5.60 Å². The van der Waals surface area contributed by atoms with Gasteiger partial charge in [0.05, 0.1) is 13.2 Å². The molecular weight excluding hydrogens is 348 g/mol. The average Bonchev–Trinajstić information content (AvgIpc) is 2.69. The fourth-order valence-electron chi connectivity index (χ4n) is 4.41. The first-order valence-corrected chi connectivity index (χ1v) is 9.85. The Labute approximate surface area is 159 Å². The molecule has 3 heterocycles. The highest BCUT2D eigenvalue weighted by molar-refractivity contribution is 5.82. The normalized spacial score (nSPS) is 39.1. The van der Waals surface area contributed by atoms with E-state index in [1.807, 2.05) is 18.2 Å². The summed E-state index contributed by atoms with van der Waals surface area (Å²) in [5, 5.41) is 11.4. The summed E-state index contributed by atoms with van der Waals surface area (Å²) >= 11 is 0. The summed E-state index contributed by atoms with van der Waals surface area (Å²) in [6.07, 6.45) is 4.66. The van der Waals surface area contributed by atoms with Crippen molar-refractivity contribution in [3.05, 3.63) is 35.9 Å². The van der Waals surface area contributed by atoms with E-state index in [0.717, 1.165) is 25.7 Å². The summed E-state index contributed by atoms with van der Waals surface area (Å²) in [5.74, 6) is -3.07. The van der Waals surface area contributed by atoms with Crippen LogP contribution in [0, 0.1) is 0 Å². The van der Waals surface area contributed by atoms with Crippen molar-refractivity contribution in [2.45, 2.75) is 75.1 Å². The molecule has 0 radical (unpaired) electrons. The van der Waals surface area contributed by atoms with Crippen LogP contribution in [0.15, 0.2) is 30.3 Å². The Morgan fingerprint density at radius 2 is 1.56 bits per heavy atom. The van der Waals surface area contributed by atoms with Gasteiger partial charge in [0.1, 0.15) is 5.60 Å². The standard InChI is InChI=1S/C21H28O6/c1-18(23,16-10-4-3-5-11-16)19(2)17(22)26-20(12-6-8-14-24-20)21(27-19)13-7-9-15-25-21/h3-5,10-11,23H,6-9,12-15H2,1-2H3/t18?,19-,20-,21+/m1/s1. The van der Waals surface area contributed by atoms with Gasteiger partial charge in [0.2, 0.25) is 5.79 Å². The van der Waals surface area contributed by atoms with Crippen LogP contribution >= 0.6 is 0 Å². The highest BCUT2D eigenvalue weighted by Crippen LogP contribution is 2.53. The lowest BCUT2D eigenvalue weighted by Crippen LogP contribution is -2.75. The van der Waals surface area contributed by atoms with E-state index in [1.54, 1.807) is 26.0 Å². The fourth-order valence-corrected chi connectivity index (χ4v) is 4.41. The Balaban J connectivity index is 1.77. The van der Waals surface area contributed by atoms with Crippen molar-refractivity contribution in [2.24, 2.45) is 0 Å². The van der Waals surface area contributed by atoms with Crippen molar-refractivity contribution in [3.8, 4) is 0 Å². The van der Waals surface area contributed by atoms with Gasteiger partial charge in [-0.2, -0.15) is 0 Å².